The van der Waals surface area contributed by atoms with Crippen LogP contribution < -0.4 is 10.1 Å². The van der Waals surface area contributed by atoms with Gasteiger partial charge in [0.15, 0.2) is 11.6 Å². The molecule has 15 heavy (non-hydrogen) atoms. The van der Waals surface area contributed by atoms with Crippen molar-refractivity contribution in [2.24, 2.45) is 0 Å². The first kappa shape index (κ1) is 9.71. The van der Waals surface area contributed by atoms with Crippen LogP contribution in [-0.4, -0.2) is 12.5 Å². The second-order valence-corrected chi connectivity index (χ2v) is 3.30. The number of ether oxygens (including phenoxy) is 1. The fourth-order valence-electron chi connectivity index (χ4n) is 1.47. The molecule has 0 aliphatic carbocycles. The number of hydrogen-bond acceptors (Lipinski definition) is 2. The zero-order chi connectivity index (χ0) is 10.8. The first-order valence-electron chi connectivity index (χ1n) is 4.56. The summed E-state index contributed by atoms with van der Waals surface area (Å²) in [5.74, 6) is -0.304. The van der Waals surface area contributed by atoms with Gasteiger partial charge in [-0.3, -0.25) is 4.79 Å². The van der Waals surface area contributed by atoms with E-state index in [1.165, 1.54) is 13.0 Å². The van der Waals surface area contributed by atoms with Crippen LogP contribution in [0.2, 0.25) is 0 Å². The van der Waals surface area contributed by atoms with Crippen LogP contribution in [0, 0.1) is 5.82 Å². The Labute approximate surface area is 86.6 Å². The maximum absolute atomic E-state index is 13.2. The van der Waals surface area contributed by atoms with Crippen LogP contribution in [0.5, 0.6) is 5.75 Å². The highest BCUT2D eigenvalue weighted by Crippen LogP contribution is 2.28. The van der Waals surface area contributed by atoms with Crippen molar-refractivity contribution in [2.75, 3.05) is 6.61 Å². The smallest absolute Gasteiger partial charge is 0.221 e. The molecule has 4 heteroatoms. The molecule has 1 heterocycles. The molecule has 0 spiro atoms. The van der Waals surface area contributed by atoms with Gasteiger partial charge in [0.05, 0.1) is 5.70 Å². The molecule has 0 atom stereocenters. The van der Waals surface area contributed by atoms with Crippen molar-refractivity contribution in [3.8, 4) is 5.75 Å². The minimum atomic E-state index is -0.384. The van der Waals surface area contributed by atoms with Crippen LogP contribution in [0.4, 0.5) is 4.39 Å². The van der Waals surface area contributed by atoms with Gasteiger partial charge in [0.25, 0.3) is 0 Å². The maximum Gasteiger partial charge on any atom is 0.221 e. The predicted molar refractivity (Wildman–Crippen MR) is 53.7 cm³/mol. The molecule has 3 nitrogen and oxygen atoms in total. The van der Waals surface area contributed by atoms with Gasteiger partial charge in [-0.15, -0.1) is 0 Å². The molecule has 1 aliphatic heterocycles. The summed E-state index contributed by atoms with van der Waals surface area (Å²) in [4.78, 5) is 10.8. The molecule has 0 unspecified atom stereocenters. The molecular weight excluding hydrogens is 197 g/mol. The third kappa shape index (κ3) is 1.98. The number of nitrogens with one attached hydrogen (secondary N) is 1. The first-order valence-corrected chi connectivity index (χ1v) is 4.56. The summed E-state index contributed by atoms with van der Waals surface area (Å²) in [6.07, 6.45) is 1.71. The lowest BCUT2D eigenvalue weighted by molar-refractivity contribution is -0.118. The fraction of sp³-hybridized carbons (Fsp3) is 0.182. The molecule has 78 valence electrons. The van der Waals surface area contributed by atoms with Gasteiger partial charge in [0, 0.05) is 12.5 Å². The Morgan fingerprint density at radius 1 is 1.53 bits per heavy atom. The molecular formula is C11H10FNO2. The van der Waals surface area contributed by atoms with Gasteiger partial charge in [-0.2, -0.15) is 0 Å². The van der Waals surface area contributed by atoms with E-state index in [-0.39, 0.29) is 24.1 Å². The third-order valence-corrected chi connectivity index (χ3v) is 2.04. The maximum atomic E-state index is 13.2. The van der Waals surface area contributed by atoms with Crippen molar-refractivity contribution < 1.29 is 13.9 Å². The van der Waals surface area contributed by atoms with E-state index < -0.39 is 0 Å². The highest BCUT2D eigenvalue weighted by atomic mass is 19.1. The Morgan fingerprint density at radius 3 is 3.07 bits per heavy atom. The standard InChI is InChI=1S/C11H10FNO2/c1-7(14)13-9-5-8-3-2-4-10(12)11(8)15-6-9/h2-5H,6H2,1H3,(H,13,14). The van der Waals surface area contributed by atoms with Crippen LogP contribution >= 0.6 is 0 Å². The number of benzene rings is 1. The average Bonchev–Trinajstić information content (AvgIpc) is 2.17. The van der Waals surface area contributed by atoms with Crippen molar-refractivity contribution in [3.05, 3.63) is 35.3 Å². The number of hydrogen-bond donors (Lipinski definition) is 1. The lowest BCUT2D eigenvalue weighted by Crippen LogP contribution is -2.25. The summed E-state index contributed by atoms with van der Waals surface area (Å²) in [7, 11) is 0. The molecule has 0 radical (unpaired) electrons. The summed E-state index contributed by atoms with van der Waals surface area (Å²) in [5.41, 5.74) is 1.28. The van der Waals surface area contributed by atoms with E-state index in [9.17, 15) is 9.18 Å². The van der Waals surface area contributed by atoms with E-state index in [0.717, 1.165) is 0 Å². The number of halogens is 1. The third-order valence-electron chi connectivity index (χ3n) is 2.04. The number of rotatable bonds is 1. The van der Waals surface area contributed by atoms with Crippen molar-refractivity contribution in [1.29, 1.82) is 0 Å². The molecule has 0 bridgehead atoms. The van der Waals surface area contributed by atoms with E-state index >= 15 is 0 Å². The van der Waals surface area contributed by atoms with Crippen LogP contribution in [0.25, 0.3) is 6.08 Å². The SMILES string of the molecule is CC(=O)NC1=Cc2cccc(F)c2OC1. The van der Waals surface area contributed by atoms with Gasteiger partial charge in [0.2, 0.25) is 5.91 Å². The number of carbonyl (C=O) groups excluding carboxylic acids is 1. The molecule has 1 aromatic rings. The Hall–Kier alpha value is -1.84. The first-order chi connectivity index (χ1) is 7.16. The molecule has 0 saturated carbocycles. The minimum Gasteiger partial charge on any atom is -0.484 e. The number of fused-ring (bicyclic) bond motifs is 1. The number of carbonyl (C=O) groups is 1. The highest BCUT2D eigenvalue weighted by Gasteiger charge is 2.15. The largest absolute Gasteiger partial charge is 0.484 e. The summed E-state index contributed by atoms with van der Waals surface area (Å²) < 4.78 is 18.4. The van der Waals surface area contributed by atoms with Crippen molar-refractivity contribution in [2.45, 2.75) is 6.92 Å². The molecule has 2 rings (SSSR count). The quantitative estimate of drug-likeness (QED) is 0.761. The van der Waals surface area contributed by atoms with E-state index in [1.807, 2.05) is 0 Å². The number of amides is 1. The minimum absolute atomic E-state index is 0.162. The lowest BCUT2D eigenvalue weighted by Gasteiger charge is -2.18. The summed E-state index contributed by atoms with van der Waals surface area (Å²) in [5, 5.41) is 2.62. The normalized spacial score (nSPS) is 13.6. The Kier molecular flexibility index (Phi) is 2.41. The van der Waals surface area contributed by atoms with Gasteiger partial charge in [0.1, 0.15) is 6.61 Å². The van der Waals surface area contributed by atoms with Crippen LogP contribution in [0.1, 0.15) is 12.5 Å². The monoisotopic (exact) mass is 207 g/mol. The summed E-state index contributed by atoms with van der Waals surface area (Å²) in [6.45, 7) is 1.61. The van der Waals surface area contributed by atoms with Crippen LogP contribution in [0.3, 0.4) is 0 Å². The van der Waals surface area contributed by atoms with Gasteiger partial charge < -0.3 is 10.1 Å². The van der Waals surface area contributed by atoms with Crippen molar-refractivity contribution >= 4 is 12.0 Å². The topological polar surface area (TPSA) is 38.3 Å². The number of para-hydroxylation sites is 1. The summed E-state index contributed by atoms with van der Waals surface area (Å²) >= 11 is 0. The predicted octanol–water partition coefficient (Wildman–Crippen LogP) is 1.70. The zero-order valence-corrected chi connectivity index (χ0v) is 8.21. The molecule has 0 aromatic heterocycles. The van der Waals surface area contributed by atoms with Gasteiger partial charge in [-0.05, 0) is 12.1 Å². The van der Waals surface area contributed by atoms with E-state index in [4.69, 9.17) is 4.74 Å². The van der Waals surface area contributed by atoms with E-state index in [1.54, 1.807) is 18.2 Å². The fourth-order valence-corrected chi connectivity index (χ4v) is 1.47. The van der Waals surface area contributed by atoms with Crippen LogP contribution in [-0.2, 0) is 4.79 Å². The second-order valence-electron chi connectivity index (χ2n) is 3.30. The molecule has 1 amide bonds. The molecule has 1 N–H and O–H groups in total. The zero-order valence-electron chi connectivity index (χ0n) is 8.21. The van der Waals surface area contributed by atoms with Crippen LogP contribution in [0.15, 0.2) is 23.9 Å². The molecule has 0 saturated heterocycles. The Bertz CT molecular complexity index is 440. The molecule has 1 aliphatic rings. The van der Waals surface area contributed by atoms with E-state index in [0.29, 0.717) is 11.3 Å². The van der Waals surface area contributed by atoms with Gasteiger partial charge in [-0.25, -0.2) is 4.39 Å². The Morgan fingerprint density at radius 2 is 2.33 bits per heavy atom. The average molecular weight is 207 g/mol. The van der Waals surface area contributed by atoms with Gasteiger partial charge in [-0.1, -0.05) is 12.1 Å². The highest BCUT2D eigenvalue weighted by molar-refractivity contribution is 5.77. The lowest BCUT2D eigenvalue weighted by atomic mass is 10.1. The summed E-state index contributed by atoms with van der Waals surface area (Å²) in [6, 6.07) is 4.68. The Balaban J connectivity index is 2.33. The molecule has 0 fully saturated rings. The van der Waals surface area contributed by atoms with Crippen molar-refractivity contribution in [3.63, 3.8) is 0 Å². The van der Waals surface area contributed by atoms with Gasteiger partial charge >= 0.3 is 0 Å². The van der Waals surface area contributed by atoms with Crippen molar-refractivity contribution in [1.82, 2.24) is 5.32 Å². The second kappa shape index (κ2) is 3.73. The van der Waals surface area contributed by atoms with E-state index in [2.05, 4.69) is 5.32 Å². The molecule has 1 aromatic carbocycles.